The first-order valence-electron chi connectivity index (χ1n) is 4.77. The van der Waals surface area contributed by atoms with Crippen molar-refractivity contribution in [1.82, 2.24) is 4.98 Å². The molecule has 0 saturated heterocycles. The molecule has 0 aliphatic carbocycles. The molecule has 1 aromatic carbocycles. The number of hydrogen-bond acceptors (Lipinski definition) is 2. The van der Waals surface area contributed by atoms with Crippen molar-refractivity contribution in [2.75, 3.05) is 0 Å². The van der Waals surface area contributed by atoms with Crippen LogP contribution in [0.5, 0.6) is 5.75 Å². The Hall–Kier alpha value is -1.57. The van der Waals surface area contributed by atoms with Gasteiger partial charge in [0.15, 0.2) is 0 Å². The van der Waals surface area contributed by atoms with Crippen molar-refractivity contribution >= 4 is 10.9 Å². The molecule has 0 saturated carbocycles. The monoisotopic (exact) mass is 187 g/mol. The molecule has 0 unspecified atom stereocenters. The summed E-state index contributed by atoms with van der Waals surface area (Å²) in [7, 11) is 0. The fourth-order valence-electron chi connectivity index (χ4n) is 1.39. The Morgan fingerprint density at radius 3 is 2.86 bits per heavy atom. The van der Waals surface area contributed by atoms with E-state index in [2.05, 4.69) is 4.98 Å². The minimum Gasteiger partial charge on any atom is -0.491 e. The van der Waals surface area contributed by atoms with E-state index >= 15 is 0 Å². The summed E-state index contributed by atoms with van der Waals surface area (Å²) >= 11 is 0. The van der Waals surface area contributed by atoms with Crippen LogP contribution in [-0.4, -0.2) is 11.1 Å². The Bertz CT molecular complexity index is 437. The van der Waals surface area contributed by atoms with Crippen LogP contribution in [0, 0.1) is 0 Å². The van der Waals surface area contributed by atoms with Crippen LogP contribution in [0.3, 0.4) is 0 Å². The molecular weight excluding hydrogens is 174 g/mol. The van der Waals surface area contributed by atoms with Crippen molar-refractivity contribution in [2.45, 2.75) is 20.0 Å². The fraction of sp³-hybridized carbons (Fsp3) is 0.250. The van der Waals surface area contributed by atoms with Gasteiger partial charge in [0.05, 0.1) is 11.6 Å². The molecule has 2 aromatic rings. The van der Waals surface area contributed by atoms with Crippen molar-refractivity contribution in [2.24, 2.45) is 0 Å². The van der Waals surface area contributed by atoms with Crippen molar-refractivity contribution in [3.63, 3.8) is 0 Å². The lowest BCUT2D eigenvalue weighted by molar-refractivity contribution is 0.242. The summed E-state index contributed by atoms with van der Waals surface area (Å²) in [6, 6.07) is 9.95. The molecule has 1 aromatic heterocycles. The van der Waals surface area contributed by atoms with Crippen LogP contribution in [0.15, 0.2) is 36.5 Å². The molecule has 0 aliphatic heterocycles. The summed E-state index contributed by atoms with van der Waals surface area (Å²) in [6.07, 6.45) is 2.00. The summed E-state index contributed by atoms with van der Waals surface area (Å²) in [6.45, 7) is 4.03. The number of hydrogen-bond donors (Lipinski definition) is 0. The minimum absolute atomic E-state index is 0.205. The first-order valence-corrected chi connectivity index (χ1v) is 4.77. The first-order chi connectivity index (χ1) is 6.75. The van der Waals surface area contributed by atoms with Crippen molar-refractivity contribution in [1.29, 1.82) is 0 Å². The zero-order chi connectivity index (χ0) is 9.97. The lowest BCUT2D eigenvalue weighted by Crippen LogP contribution is -2.05. The van der Waals surface area contributed by atoms with Gasteiger partial charge in [-0.3, -0.25) is 4.98 Å². The zero-order valence-electron chi connectivity index (χ0n) is 8.40. The van der Waals surface area contributed by atoms with Gasteiger partial charge in [0.2, 0.25) is 0 Å². The van der Waals surface area contributed by atoms with Crippen LogP contribution in [-0.2, 0) is 0 Å². The van der Waals surface area contributed by atoms with E-state index in [0.717, 1.165) is 16.7 Å². The standard InChI is InChI=1S/C12H13NO/c1-9(2)14-11-6-5-10-4-3-7-13-12(10)8-11/h3-9H,1-2H3. The molecular formula is C12H13NO. The fourth-order valence-corrected chi connectivity index (χ4v) is 1.39. The maximum Gasteiger partial charge on any atom is 0.121 e. The van der Waals surface area contributed by atoms with Crippen LogP contribution in [0.4, 0.5) is 0 Å². The van der Waals surface area contributed by atoms with Gasteiger partial charge >= 0.3 is 0 Å². The average Bonchev–Trinajstić information content (AvgIpc) is 2.17. The van der Waals surface area contributed by atoms with E-state index in [4.69, 9.17) is 4.74 Å². The highest BCUT2D eigenvalue weighted by Gasteiger charge is 1.99. The van der Waals surface area contributed by atoms with E-state index in [9.17, 15) is 0 Å². The molecule has 1 heterocycles. The van der Waals surface area contributed by atoms with Crippen molar-refractivity contribution in [3.8, 4) is 5.75 Å². The highest BCUT2D eigenvalue weighted by atomic mass is 16.5. The summed E-state index contributed by atoms with van der Waals surface area (Å²) in [5, 5.41) is 1.14. The smallest absolute Gasteiger partial charge is 0.121 e. The predicted molar refractivity (Wildman–Crippen MR) is 57.5 cm³/mol. The highest BCUT2D eigenvalue weighted by Crippen LogP contribution is 2.19. The Balaban J connectivity index is 2.41. The van der Waals surface area contributed by atoms with Gasteiger partial charge in [0, 0.05) is 17.6 Å². The molecule has 14 heavy (non-hydrogen) atoms. The van der Waals surface area contributed by atoms with E-state index in [0.29, 0.717) is 0 Å². The van der Waals surface area contributed by atoms with Gasteiger partial charge in [0.1, 0.15) is 5.75 Å². The Morgan fingerprint density at radius 2 is 2.07 bits per heavy atom. The van der Waals surface area contributed by atoms with Crippen molar-refractivity contribution < 1.29 is 4.74 Å². The largest absolute Gasteiger partial charge is 0.491 e. The Kier molecular flexibility index (Phi) is 2.35. The lowest BCUT2D eigenvalue weighted by atomic mass is 10.2. The summed E-state index contributed by atoms with van der Waals surface area (Å²) < 4.78 is 5.58. The van der Waals surface area contributed by atoms with Crippen LogP contribution in [0.2, 0.25) is 0 Å². The molecule has 0 aliphatic rings. The SMILES string of the molecule is CC(C)Oc1ccc2cccnc2c1. The van der Waals surface area contributed by atoms with Crippen LogP contribution in [0.1, 0.15) is 13.8 Å². The summed E-state index contributed by atoms with van der Waals surface area (Å²) in [5.41, 5.74) is 0.977. The molecule has 0 spiro atoms. The lowest BCUT2D eigenvalue weighted by Gasteiger charge is -2.09. The average molecular weight is 187 g/mol. The minimum atomic E-state index is 0.205. The molecule has 0 fully saturated rings. The van der Waals surface area contributed by atoms with E-state index in [1.165, 1.54) is 0 Å². The molecule has 0 amide bonds. The normalized spacial score (nSPS) is 10.8. The van der Waals surface area contributed by atoms with Gasteiger partial charge < -0.3 is 4.74 Å². The quantitative estimate of drug-likeness (QED) is 0.721. The first kappa shape index (κ1) is 9.00. The Labute approximate surface area is 83.5 Å². The molecule has 0 radical (unpaired) electrons. The second kappa shape index (κ2) is 3.66. The number of ether oxygens (including phenoxy) is 1. The van der Waals surface area contributed by atoms with E-state index < -0.39 is 0 Å². The number of nitrogens with zero attached hydrogens (tertiary/aromatic N) is 1. The summed E-state index contributed by atoms with van der Waals surface area (Å²) in [4.78, 5) is 4.27. The van der Waals surface area contributed by atoms with Gasteiger partial charge in [-0.05, 0) is 32.0 Å². The van der Waals surface area contributed by atoms with Crippen molar-refractivity contribution in [3.05, 3.63) is 36.5 Å². The van der Waals surface area contributed by atoms with E-state index in [-0.39, 0.29) is 6.10 Å². The van der Waals surface area contributed by atoms with E-state index in [1.54, 1.807) is 6.20 Å². The molecule has 0 bridgehead atoms. The second-order valence-corrected chi connectivity index (χ2v) is 3.52. The molecule has 2 nitrogen and oxygen atoms in total. The molecule has 0 atom stereocenters. The van der Waals surface area contributed by atoms with Gasteiger partial charge in [-0.15, -0.1) is 0 Å². The third-order valence-corrected chi connectivity index (χ3v) is 1.95. The van der Waals surface area contributed by atoms with Gasteiger partial charge in [-0.1, -0.05) is 6.07 Å². The molecule has 0 N–H and O–H groups in total. The highest BCUT2D eigenvalue weighted by molar-refractivity contribution is 5.79. The maximum absolute atomic E-state index is 5.58. The summed E-state index contributed by atoms with van der Waals surface area (Å²) in [5.74, 6) is 0.881. The predicted octanol–water partition coefficient (Wildman–Crippen LogP) is 3.02. The topological polar surface area (TPSA) is 22.1 Å². The van der Waals surface area contributed by atoms with Crippen LogP contribution >= 0.6 is 0 Å². The molecule has 2 heteroatoms. The van der Waals surface area contributed by atoms with Gasteiger partial charge in [0.25, 0.3) is 0 Å². The molecule has 72 valence electrons. The third kappa shape index (κ3) is 1.84. The third-order valence-electron chi connectivity index (χ3n) is 1.95. The Morgan fingerprint density at radius 1 is 1.21 bits per heavy atom. The van der Waals surface area contributed by atoms with Gasteiger partial charge in [-0.2, -0.15) is 0 Å². The van der Waals surface area contributed by atoms with Crippen LogP contribution < -0.4 is 4.74 Å². The molecule has 2 rings (SSSR count). The van der Waals surface area contributed by atoms with Crippen LogP contribution in [0.25, 0.3) is 10.9 Å². The number of rotatable bonds is 2. The van der Waals surface area contributed by atoms with E-state index in [1.807, 2.05) is 44.2 Å². The van der Waals surface area contributed by atoms with Gasteiger partial charge in [-0.25, -0.2) is 0 Å². The number of fused-ring (bicyclic) bond motifs is 1. The number of benzene rings is 1. The number of pyridine rings is 1. The second-order valence-electron chi connectivity index (χ2n) is 3.52. The zero-order valence-corrected chi connectivity index (χ0v) is 8.40. The number of aromatic nitrogens is 1. The maximum atomic E-state index is 5.58.